The minimum Gasteiger partial charge on any atom is -0.207 e. The predicted molar refractivity (Wildman–Crippen MR) is 54.2 cm³/mol. The molecule has 0 bridgehead atoms. The molecule has 0 saturated heterocycles. The zero-order chi connectivity index (χ0) is 9.84. The Balaban J connectivity index is 2.71. The summed E-state index contributed by atoms with van der Waals surface area (Å²) in [6.45, 7) is 8.00. The Labute approximate surface area is 79.1 Å². The highest BCUT2D eigenvalue weighted by molar-refractivity contribution is 5.21. The van der Waals surface area contributed by atoms with Crippen molar-refractivity contribution in [3.8, 4) is 0 Å². The normalized spacial score (nSPS) is 12.5. The highest BCUT2D eigenvalue weighted by Gasteiger charge is 2.04. The molecule has 13 heavy (non-hydrogen) atoms. The van der Waals surface area contributed by atoms with Crippen molar-refractivity contribution in [2.24, 2.45) is 0 Å². The molecule has 1 heteroatoms. The Morgan fingerprint density at radius 1 is 1.38 bits per heavy atom. The molecule has 1 atom stereocenters. The molecule has 70 valence electrons. The molecule has 1 aromatic rings. The maximum Gasteiger partial charge on any atom is 0.123 e. The van der Waals surface area contributed by atoms with Crippen LogP contribution in [0.15, 0.2) is 36.4 Å². The zero-order valence-electron chi connectivity index (χ0n) is 8.18. The molecule has 0 radical (unpaired) electrons. The first kappa shape index (κ1) is 9.97. The summed E-state index contributed by atoms with van der Waals surface area (Å²) in [5.74, 6) is 0.254. The fourth-order valence-electron chi connectivity index (χ4n) is 1.43. The summed E-state index contributed by atoms with van der Waals surface area (Å²) >= 11 is 0. The Hall–Kier alpha value is -1.11. The minimum absolute atomic E-state index is 0.175. The van der Waals surface area contributed by atoms with E-state index in [0.29, 0.717) is 5.92 Å². The SMILES string of the molecule is C=C(C)CC(C)c1ccc(F)cc1. The second-order valence-corrected chi connectivity index (χ2v) is 3.61. The van der Waals surface area contributed by atoms with Gasteiger partial charge in [0, 0.05) is 0 Å². The van der Waals surface area contributed by atoms with E-state index < -0.39 is 0 Å². The summed E-state index contributed by atoms with van der Waals surface area (Å²) in [4.78, 5) is 0. The Bertz CT molecular complexity index is 284. The molecule has 0 aromatic heterocycles. The van der Waals surface area contributed by atoms with E-state index >= 15 is 0 Å². The summed E-state index contributed by atoms with van der Waals surface area (Å²) in [6.07, 6.45) is 0.964. The van der Waals surface area contributed by atoms with Crippen molar-refractivity contribution in [3.63, 3.8) is 0 Å². The lowest BCUT2D eigenvalue weighted by atomic mass is 9.95. The fraction of sp³-hybridized carbons (Fsp3) is 0.333. The second kappa shape index (κ2) is 4.22. The largest absolute Gasteiger partial charge is 0.207 e. The van der Waals surface area contributed by atoms with Crippen LogP contribution in [-0.2, 0) is 0 Å². The van der Waals surface area contributed by atoms with Crippen molar-refractivity contribution in [1.82, 2.24) is 0 Å². The van der Waals surface area contributed by atoms with Gasteiger partial charge in [-0.1, -0.05) is 24.6 Å². The molecule has 0 aliphatic heterocycles. The number of halogens is 1. The summed E-state index contributed by atoms with van der Waals surface area (Å²) < 4.78 is 12.6. The van der Waals surface area contributed by atoms with E-state index in [2.05, 4.69) is 13.5 Å². The van der Waals surface area contributed by atoms with Gasteiger partial charge in [-0.15, -0.1) is 6.58 Å². The average Bonchev–Trinajstić information content (AvgIpc) is 2.04. The van der Waals surface area contributed by atoms with Crippen LogP contribution in [0.1, 0.15) is 31.7 Å². The smallest absolute Gasteiger partial charge is 0.123 e. The van der Waals surface area contributed by atoms with Crippen molar-refractivity contribution in [2.45, 2.75) is 26.2 Å². The van der Waals surface area contributed by atoms with E-state index in [9.17, 15) is 4.39 Å². The molecule has 0 nitrogen and oxygen atoms in total. The second-order valence-electron chi connectivity index (χ2n) is 3.61. The number of rotatable bonds is 3. The van der Waals surface area contributed by atoms with Crippen LogP contribution in [0.5, 0.6) is 0 Å². The summed E-state index contributed by atoms with van der Waals surface area (Å²) in [5.41, 5.74) is 2.33. The maximum absolute atomic E-state index is 12.6. The summed E-state index contributed by atoms with van der Waals surface area (Å²) in [5, 5.41) is 0. The average molecular weight is 178 g/mol. The Morgan fingerprint density at radius 2 is 1.92 bits per heavy atom. The number of allylic oxidation sites excluding steroid dienone is 1. The molecule has 0 fully saturated rings. The van der Waals surface area contributed by atoms with Crippen LogP contribution in [0.2, 0.25) is 0 Å². The van der Waals surface area contributed by atoms with Crippen LogP contribution in [0.25, 0.3) is 0 Å². The van der Waals surface area contributed by atoms with Crippen molar-refractivity contribution < 1.29 is 4.39 Å². The van der Waals surface area contributed by atoms with Crippen LogP contribution in [0, 0.1) is 5.82 Å². The van der Waals surface area contributed by atoms with Gasteiger partial charge in [0.05, 0.1) is 0 Å². The third-order valence-electron chi connectivity index (χ3n) is 2.09. The van der Waals surface area contributed by atoms with E-state index in [1.807, 2.05) is 19.1 Å². The topological polar surface area (TPSA) is 0 Å². The van der Waals surface area contributed by atoms with Crippen LogP contribution >= 0.6 is 0 Å². The van der Waals surface area contributed by atoms with Crippen molar-refractivity contribution in [1.29, 1.82) is 0 Å². The van der Waals surface area contributed by atoms with Crippen LogP contribution in [0.3, 0.4) is 0 Å². The first-order valence-corrected chi connectivity index (χ1v) is 4.49. The van der Waals surface area contributed by atoms with Crippen LogP contribution < -0.4 is 0 Å². The van der Waals surface area contributed by atoms with Gasteiger partial charge in [0.15, 0.2) is 0 Å². The molecule has 1 unspecified atom stereocenters. The molecule has 0 spiro atoms. The van der Waals surface area contributed by atoms with Crippen molar-refractivity contribution in [2.75, 3.05) is 0 Å². The number of hydrogen-bond donors (Lipinski definition) is 0. The van der Waals surface area contributed by atoms with Gasteiger partial charge in [-0.25, -0.2) is 4.39 Å². The number of hydrogen-bond acceptors (Lipinski definition) is 0. The molecule has 0 N–H and O–H groups in total. The van der Waals surface area contributed by atoms with Gasteiger partial charge in [0.1, 0.15) is 5.82 Å². The van der Waals surface area contributed by atoms with Gasteiger partial charge in [-0.05, 0) is 37.0 Å². The van der Waals surface area contributed by atoms with E-state index in [-0.39, 0.29) is 5.82 Å². The number of benzene rings is 1. The zero-order valence-corrected chi connectivity index (χ0v) is 8.18. The lowest BCUT2D eigenvalue weighted by Gasteiger charge is -2.11. The van der Waals surface area contributed by atoms with Gasteiger partial charge < -0.3 is 0 Å². The Kier molecular flexibility index (Phi) is 3.24. The molecule has 0 aliphatic carbocycles. The van der Waals surface area contributed by atoms with Gasteiger partial charge in [0.25, 0.3) is 0 Å². The predicted octanol–water partition coefficient (Wildman–Crippen LogP) is 3.90. The van der Waals surface area contributed by atoms with Crippen LogP contribution in [-0.4, -0.2) is 0 Å². The Morgan fingerprint density at radius 3 is 2.38 bits per heavy atom. The lowest BCUT2D eigenvalue weighted by molar-refractivity contribution is 0.625. The maximum atomic E-state index is 12.6. The van der Waals surface area contributed by atoms with E-state index in [1.54, 1.807) is 0 Å². The van der Waals surface area contributed by atoms with Crippen molar-refractivity contribution >= 4 is 0 Å². The summed E-state index contributed by atoms with van der Waals surface area (Å²) in [7, 11) is 0. The first-order chi connectivity index (χ1) is 6.09. The quantitative estimate of drug-likeness (QED) is 0.616. The highest BCUT2D eigenvalue weighted by Crippen LogP contribution is 2.21. The molecular weight excluding hydrogens is 163 g/mol. The van der Waals surface area contributed by atoms with E-state index in [0.717, 1.165) is 12.0 Å². The minimum atomic E-state index is -0.175. The molecule has 0 amide bonds. The molecule has 1 rings (SSSR count). The van der Waals surface area contributed by atoms with Gasteiger partial charge in [0.2, 0.25) is 0 Å². The first-order valence-electron chi connectivity index (χ1n) is 4.49. The standard InChI is InChI=1S/C12H15F/c1-9(2)8-10(3)11-4-6-12(13)7-5-11/h4-7,10H,1,8H2,2-3H3. The van der Waals surface area contributed by atoms with Gasteiger partial charge >= 0.3 is 0 Å². The third-order valence-corrected chi connectivity index (χ3v) is 2.09. The van der Waals surface area contributed by atoms with Gasteiger partial charge in [-0.2, -0.15) is 0 Å². The fourth-order valence-corrected chi connectivity index (χ4v) is 1.43. The lowest BCUT2D eigenvalue weighted by Crippen LogP contribution is -1.93. The summed E-state index contributed by atoms with van der Waals surface area (Å²) in [6, 6.07) is 6.68. The molecule has 0 aliphatic rings. The molecular formula is C12H15F. The van der Waals surface area contributed by atoms with Crippen LogP contribution in [0.4, 0.5) is 4.39 Å². The molecule has 1 aromatic carbocycles. The van der Waals surface area contributed by atoms with Gasteiger partial charge in [-0.3, -0.25) is 0 Å². The third kappa shape index (κ3) is 3.02. The van der Waals surface area contributed by atoms with E-state index in [4.69, 9.17) is 0 Å². The monoisotopic (exact) mass is 178 g/mol. The highest BCUT2D eigenvalue weighted by atomic mass is 19.1. The van der Waals surface area contributed by atoms with Crippen molar-refractivity contribution in [3.05, 3.63) is 47.8 Å². The molecule has 0 saturated carbocycles. The van der Waals surface area contributed by atoms with E-state index in [1.165, 1.54) is 17.7 Å². The molecule has 0 heterocycles.